The molecule has 5 nitrogen and oxygen atoms in total. The number of rotatable bonds is 5. The van der Waals surface area contributed by atoms with E-state index in [4.69, 9.17) is 0 Å². The van der Waals surface area contributed by atoms with E-state index < -0.39 is 0 Å². The van der Waals surface area contributed by atoms with Crippen molar-refractivity contribution >= 4 is 49.5 Å². The van der Waals surface area contributed by atoms with E-state index in [0.717, 1.165) is 13.1 Å². The summed E-state index contributed by atoms with van der Waals surface area (Å²) in [6.45, 7) is 1.54. The molecule has 126 valence electrons. The maximum Gasteiger partial charge on any atom is 0.251 e. The molecule has 1 aliphatic heterocycles. The van der Waals surface area contributed by atoms with Crippen LogP contribution in [0.5, 0.6) is 5.75 Å². The van der Waals surface area contributed by atoms with Crippen LogP contribution in [-0.2, 0) is 0 Å². The molecule has 0 saturated heterocycles. The fraction of sp³-hybridized carbons (Fsp3) is 0.400. The van der Waals surface area contributed by atoms with Gasteiger partial charge in [0.05, 0.1) is 16.0 Å². The fourth-order valence-corrected chi connectivity index (χ4v) is 4.72. The van der Waals surface area contributed by atoms with Gasteiger partial charge in [0.15, 0.2) is 6.67 Å². The minimum Gasteiger partial charge on any atom is -0.506 e. The molecule has 0 aliphatic carbocycles. The maximum atomic E-state index is 12.3. The molecule has 0 aromatic heterocycles. The third-order valence-corrected chi connectivity index (χ3v) is 5.88. The van der Waals surface area contributed by atoms with Crippen LogP contribution in [0.25, 0.3) is 0 Å². The Morgan fingerprint density at radius 2 is 2.04 bits per heavy atom. The van der Waals surface area contributed by atoms with Crippen molar-refractivity contribution in [3.8, 4) is 5.75 Å². The summed E-state index contributed by atoms with van der Waals surface area (Å²) >= 11 is 8.22. The third kappa shape index (κ3) is 4.23. The van der Waals surface area contributed by atoms with Crippen LogP contribution < -0.4 is 10.2 Å². The Balaban J connectivity index is 1.99. The second kappa shape index (κ2) is 7.92. The highest BCUT2D eigenvalue weighted by atomic mass is 79.9. The van der Waals surface area contributed by atoms with Crippen LogP contribution in [0.2, 0.25) is 0 Å². The minimum absolute atomic E-state index is 0.0931. The topological polar surface area (TPSA) is 57.0 Å². The van der Waals surface area contributed by atoms with Crippen LogP contribution in [0.15, 0.2) is 31.8 Å². The van der Waals surface area contributed by atoms with Gasteiger partial charge in [-0.15, -0.1) is 11.8 Å². The lowest BCUT2D eigenvalue weighted by Crippen LogP contribution is -3.06. The van der Waals surface area contributed by atoms with E-state index in [9.17, 15) is 9.90 Å². The first-order valence-corrected chi connectivity index (χ1v) is 9.93. The highest BCUT2D eigenvalue weighted by Crippen LogP contribution is 2.33. The molecule has 1 aromatic rings. The van der Waals surface area contributed by atoms with E-state index in [-0.39, 0.29) is 11.7 Å². The molecule has 0 saturated carbocycles. The molecular weight excluding hydrogens is 446 g/mol. The molecule has 8 heteroatoms. The zero-order valence-electron chi connectivity index (χ0n) is 13.2. The Bertz CT molecular complexity index is 629. The van der Waals surface area contributed by atoms with Crippen molar-refractivity contribution in [2.24, 2.45) is 0 Å². The Morgan fingerprint density at radius 1 is 1.43 bits per heavy atom. The van der Waals surface area contributed by atoms with E-state index in [1.54, 1.807) is 23.9 Å². The standard InChI is InChI=1S/C15H19Br2N3O2S/c1-19-8-20(2)15(23-3)12(19)4-5-18-14(22)9-6-10(16)13(21)11(17)7-9/h6-7,21H,4-5,8H2,1-3H3,(H,18,22)/p+1. The summed E-state index contributed by atoms with van der Waals surface area (Å²) in [7, 11) is 4.23. The van der Waals surface area contributed by atoms with E-state index in [0.29, 0.717) is 21.1 Å². The molecule has 1 aliphatic rings. The number of quaternary nitrogens is 1. The molecule has 1 amide bonds. The first-order chi connectivity index (χ1) is 10.8. The Kier molecular flexibility index (Phi) is 6.41. The summed E-state index contributed by atoms with van der Waals surface area (Å²) in [5, 5.41) is 13.9. The number of thioether (sulfide) groups is 1. The molecule has 0 fully saturated rings. The number of carbonyl (C=O) groups is 1. The number of phenols is 1. The molecular formula is C15H20Br2N3O2S+. The van der Waals surface area contributed by atoms with Crippen LogP contribution >= 0.6 is 43.6 Å². The normalized spacial score (nSPS) is 17.8. The minimum atomic E-state index is -0.151. The lowest BCUT2D eigenvalue weighted by molar-refractivity contribution is -0.841. The predicted molar refractivity (Wildman–Crippen MR) is 101 cm³/mol. The van der Waals surface area contributed by atoms with Gasteiger partial charge in [0.2, 0.25) is 0 Å². The van der Waals surface area contributed by atoms with Gasteiger partial charge in [0.25, 0.3) is 5.91 Å². The van der Waals surface area contributed by atoms with Gasteiger partial charge < -0.3 is 15.3 Å². The highest BCUT2D eigenvalue weighted by molar-refractivity contribution is 9.11. The molecule has 23 heavy (non-hydrogen) atoms. The second-order valence-electron chi connectivity index (χ2n) is 5.42. The maximum absolute atomic E-state index is 12.3. The van der Waals surface area contributed by atoms with Gasteiger partial charge in [-0.3, -0.25) is 9.69 Å². The Morgan fingerprint density at radius 3 is 2.61 bits per heavy atom. The smallest absolute Gasteiger partial charge is 0.251 e. The van der Waals surface area contributed by atoms with Gasteiger partial charge >= 0.3 is 0 Å². The van der Waals surface area contributed by atoms with Crippen molar-refractivity contribution in [2.45, 2.75) is 6.42 Å². The number of benzene rings is 1. The van der Waals surface area contributed by atoms with Gasteiger partial charge in [-0.25, -0.2) is 0 Å². The third-order valence-electron chi connectivity index (χ3n) is 3.73. The number of phenolic OH excluding ortho intramolecular Hbond substituents is 1. The highest BCUT2D eigenvalue weighted by Gasteiger charge is 2.28. The Hall–Kier alpha value is -0.700. The zero-order chi connectivity index (χ0) is 17.1. The largest absolute Gasteiger partial charge is 0.506 e. The lowest BCUT2D eigenvalue weighted by atomic mass is 10.2. The molecule has 0 bridgehead atoms. The van der Waals surface area contributed by atoms with Crippen LogP contribution in [-0.4, -0.2) is 49.5 Å². The average Bonchev–Trinajstić information content (AvgIpc) is 2.77. The van der Waals surface area contributed by atoms with Crippen LogP contribution in [0.3, 0.4) is 0 Å². The van der Waals surface area contributed by atoms with Gasteiger partial charge in [-0.2, -0.15) is 0 Å². The second-order valence-corrected chi connectivity index (χ2v) is 7.92. The first-order valence-electron chi connectivity index (χ1n) is 7.12. The van der Waals surface area contributed by atoms with Crippen molar-refractivity contribution in [1.82, 2.24) is 10.2 Å². The number of hydrogen-bond donors (Lipinski definition) is 3. The summed E-state index contributed by atoms with van der Waals surface area (Å²) in [6.07, 6.45) is 2.90. The van der Waals surface area contributed by atoms with Crippen LogP contribution in [0.4, 0.5) is 0 Å². The first kappa shape index (κ1) is 18.6. The molecule has 1 unspecified atom stereocenters. The van der Waals surface area contributed by atoms with Crippen LogP contribution in [0, 0.1) is 0 Å². The van der Waals surface area contributed by atoms with E-state index in [2.05, 4.69) is 62.4 Å². The van der Waals surface area contributed by atoms with Crippen molar-refractivity contribution in [3.63, 3.8) is 0 Å². The predicted octanol–water partition coefficient (Wildman–Crippen LogP) is 1.99. The van der Waals surface area contributed by atoms with Crippen molar-refractivity contribution in [3.05, 3.63) is 37.4 Å². The van der Waals surface area contributed by atoms with Gasteiger partial charge in [-0.1, -0.05) is 0 Å². The number of amides is 1. The van der Waals surface area contributed by atoms with Gasteiger partial charge in [-0.05, 0) is 50.2 Å². The number of halogens is 2. The molecule has 1 atom stereocenters. The van der Waals surface area contributed by atoms with Gasteiger partial charge in [0, 0.05) is 25.6 Å². The number of aromatic hydroxyl groups is 1. The van der Waals surface area contributed by atoms with E-state index in [1.807, 2.05) is 0 Å². The molecule has 0 radical (unpaired) electrons. The number of carbonyl (C=O) groups excluding carboxylic acids is 1. The summed E-state index contributed by atoms with van der Waals surface area (Å²) in [4.78, 5) is 15.9. The summed E-state index contributed by atoms with van der Waals surface area (Å²) < 4.78 is 0.983. The average molecular weight is 466 g/mol. The van der Waals surface area contributed by atoms with Gasteiger partial charge in [0.1, 0.15) is 16.5 Å². The van der Waals surface area contributed by atoms with Crippen molar-refractivity contribution in [1.29, 1.82) is 0 Å². The SMILES string of the molecule is CSC1=C(CCNC(=O)c2cc(Br)c(O)c(Br)c2)[NH+](C)CN1C. The number of nitrogens with zero attached hydrogens (tertiary/aromatic N) is 1. The molecule has 0 spiro atoms. The van der Waals surface area contributed by atoms with Crippen molar-refractivity contribution < 1.29 is 14.8 Å². The molecule has 3 N–H and O–H groups in total. The van der Waals surface area contributed by atoms with E-state index in [1.165, 1.54) is 15.6 Å². The monoisotopic (exact) mass is 464 g/mol. The molecule has 1 aromatic carbocycles. The lowest BCUT2D eigenvalue weighted by Gasteiger charge is -2.11. The number of nitrogens with one attached hydrogen (secondary N) is 2. The number of hydrogen-bond acceptors (Lipinski definition) is 4. The Labute approximate surface area is 157 Å². The molecule has 2 rings (SSSR count). The summed E-state index contributed by atoms with van der Waals surface area (Å²) in [5.74, 6) is -0.0581. The van der Waals surface area contributed by atoms with Crippen molar-refractivity contribution in [2.75, 3.05) is 33.6 Å². The quantitative estimate of drug-likeness (QED) is 0.622. The zero-order valence-corrected chi connectivity index (χ0v) is 17.2. The summed E-state index contributed by atoms with van der Waals surface area (Å²) in [6, 6.07) is 3.23. The summed E-state index contributed by atoms with van der Waals surface area (Å²) in [5.41, 5.74) is 1.83. The molecule has 1 heterocycles. The van der Waals surface area contributed by atoms with Crippen LogP contribution in [0.1, 0.15) is 16.8 Å². The fourth-order valence-electron chi connectivity index (χ4n) is 2.63. The van der Waals surface area contributed by atoms with E-state index >= 15 is 0 Å².